The highest BCUT2D eigenvalue weighted by atomic mass is 32.2. The minimum Gasteiger partial charge on any atom is -0.454 e. The molecule has 9 nitrogen and oxygen atoms in total. The summed E-state index contributed by atoms with van der Waals surface area (Å²) in [5, 5.41) is 11.7. The van der Waals surface area contributed by atoms with Crippen LogP contribution in [-0.4, -0.2) is 37.8 Å². The van der Waals surface area contributed by atoms with E-state index >= 15 is 0 Å². The predicted octanol–water partition coefficient (Wildman–Crippen LogP) is 1.64. The van der Waals surface area contributed by atoms with Crippen LogP contribution in [0.25, 0.3) is 11.4 Å². The molecule has 1 aromatic carbocycles. The van der Waals surface area contributed by atoms with Crippen molar-refractivity contribution in [1.29, 1.82) is 0 Å². The average Bonchev–Trinajstić information content (AvgIpc) is 3.28. The van der Waals surface area contributed by atoms with Crippen LogP contribution in [0, 0.1) is 0 Å². The molecule has 0 fully saturated rings. The Hall–Kier alpha value is -3.27. The summed E-state index contributed by atoms with van der Waals surface area (Å²) >= 11 is 1.28. The van der Waals surface area contributed by atoms with Crippen LogP contribution in [0.5, 0.6) is 11.5 Å². The molecule has 2 aromatic heterocycles. The summed E-state index contributed by atoms with van der Waals surface area (Å²) < 4.78 is 13.8. The molecular weight excluding hydrogens is 382 g/mol. The normalized spacial score (nSPS) is 12.2. The Morgan fingerprint density at radius 3 is 2.82 bits per heavy atom. The van der Waals surface area contributed by atoms with Crippen molar-refractivity contribution in [3.05, 3.63) is 46.9 Å². The molecule has 0 aliphatic carbocycles. The molecule has 3 heterocycles. The topological polar surface area (TPSA) is 100 Å². The molecule has 1 aliphatic heterocycles. The van der Waals surface area contributed by atoms with Gasteiger partial charge < -0.3 is 23.9 Å². The number of hydrogen-bond acceptors (Lipinski definition) is 7. The van der Waals surface area contributed by atoms with Crippen LogP contribution < -0.4 is 20.3 Å². The lowest BCUT2D eigenvalue weighted by Crippen LogP contribution is -2.15. The second-order valence-electron chi connectivity index (χ2n) is 6.14. The third kappa shape index (κ3) is 3.58. The van der Waals surface area contributed by atoms with E-state index in [1.54, 1.807) is 42.1 Å². The molecule has 144 valence electrons. The van der Waals surface area contributed by atoms with Gasteiger partial charge in [0.15, 0.2) is 22.5 Å². The first-order valence-corrected chi connectivity index (χ1v) is 9.38. The molecule has 4 rings (SSSR count). The number of thioether (sulfide) groups is 1. The predicted molar refractivity (Wildman–Crippen MR) is 104 cm³/mol. The molecule has 1 N–H and O–H groups in total. The van der Waals surface area contributed by atoms with Gasteiger partial charge in [0.2, 0.25) is 18.3 Å². The number of aromatic nitrogens is 4. The first-order valence-electron chi connectivity index (χ1n) is 8.40. The fourth-order valence-corrected chi connectivity index (χ4v) is 3.43. The van der Waals surface area contributed by atoms with Crippen molar-refractivity contribution in [3.63, 3.8) is 0 Å². The zero-order chi connectivity index (χ0) is 19.7. The summed E-state index contributed by atoms with van der Waals surface area (Å²) in [5.74, 6) is 1.90. The van der Waals surface area contributed by atoms with E-state index in [1.807, 2.05) is 7.05 Å². The Morgan fingerprint density at radius 1 is 1.18 bits per heavy atom. The Kier molecular flexibility index (Phi) is 4.78. The van der Waals surface area contributed by atoms with E-state index in [0.29, 0.717) is 28.2 Å². The highest BCUT2D eigenvalue weighted by Crippen LogP contribution is 2.34. The summed E-state index contributed by atoms with van der Waals surface area (Å²) in [6.45, 7) is 0.187. The van der Waals surface area contributed by atoms with E-state index in [9.17, 15) is 9.59 Å². The number of hydrogen-bond donors (Lipinski definition) is 1. The number of pyridine rings is 1. The van der Waals surface area contributed by atoms with Gasteiger partial charge in [-0.15, -0.1) is 10.2 Å². The van der Waals surface area contributed by atoms with E-state index in [4.69, 9.17) is 9.47 Å². The summed E-state index contributed by atoms with van der Waals surface area (Å²) in [7, 11) is 3.50. The second-order valence-corrected chi connectivity index (χ2v) is 7.08. The minimum absolute atomic E-state index is 0.0966. The Morgan fingerprint density at radius 2 is 2.00 bits per heavy atom. The largest absolute Gasteiger partial charge is 0.454 e. The van der Waals surface area contributed by atoms with Crippen molar-refractivity contribution in [2.24, 2.45) is 14.1 Å². The monoisotopic (exact) mass is 399 g/mol. The van der Waals surface area contributed by atoms with Gasteiger partial charge in [0.25, 0.3) is 0 Å². The average molecular weight is 399 g/mol. The van der Waals surface area contributed by atoms with Crippen molar-refractivity contribution in [2.45, 2.75) is 5.16 Å². The Balaban J connectivity index is 1.41. The number of carbonyl (C=O) groups excluding carboxylic acids is 1. The standard InChI is InChI=1S/C18H17N5O4S/c1-22-8-11(3-6-16(22)25)17-20-21-18(23(17)2)28-9-15(24)19-12-4-5-13-14(7-12)27-10-26-13/h3-8H,9-10H2,1-2H3,(H,19,24). The highest BCUT2D eigenvalue weighted by molar-refractivity contribution is 7.99. The third-order valence-corrected chi connectivity index (χ3v) is 5.19. The first-order chi connectivity index (χ1) is 13.5. The molecule has 3 aromatic rings. The van der Waals surface area contributed by atoms with Crippen LogP contribution >= 0.6 is 11.8 Å². The summed E-state index contributed by atoms with van der Waals surface area (Å²) in [6.07, 6.45) is 1.70. The minimum atomic E-state index is -0.171. The fraction of sp³-hybridized carbons (Fsp3) is 0.222. The second kappa shape index (κ2) is 7.39. The highest BCUT2D eigenvalue weighted by Gasteiger charge is 2.16. The van der Waals surface area contributed by atoms with Crippen LogP contribution in [0.15, 0.2) is 46.5 Å². The zero-order valence-corrected chi connectivity index (χ0v) is 16.0. The molecular formula is C18H17N5O4S. The number of carbonyl (C=O) groups is 1. The molecule has 0 unspecified atom stereocenters. The van der Waals surface area contributed by atoms with E-state index in [2.05, 4.69) is 15.5 Å². The molecule has 0 spiro atoms. The van der Waals surface area contributed by atoms with E-state index in [1.165, 1.54) is 22.4 Å². The van der Waals surface area contributed by atoms with E-state index in [0.717, 1.165) is 5.56 Å². The lowest BCUT2D eigenvalue weighted by Gasteiger charge is -2.07. The van der Waals surface area contributed by atoms with Gasteiger partial charge in [-0.1, -0.05) is 11.8 Å². The Labute approximate surface area is 164 Å². The molecule has 0 radical (unpaired) electrons. The van der Waals surface area contributed by atoms with Gasteiger partial charge in [-0.3, -0.25) is 9.59 Å². The number of amides is 1. The number of benzene rings is 1. The summed E-state index contributed by atoms with van der Waals surface area (Å²) in [4.78, 5) is 23.8. The number of nitrogens with zero attached hydrogens (tertiary/aromatic N) is 4. The van der Waals surface area contributed by atoms with Gasteiger partial charge >= 0.3 is 0 Å². The van der Waals surface area contributed by atoms with Crippen molar-refractivity contribution in [2.75, 3.05) is 17.9 Å². The summed E-state index contributed by atoms with van der Waals surface area (Å²) in [6, 6.07) is 8.43. The molecule has 0 bridgehead atoms. The number of anilines is 1. The molecule has 1 aliphatic rings. The van der Waals surface area contributed by atoms with Gasteiger partial charge in [0.05, 0.1) is 5.75 Å². The zero-order valence-electron chi connectivity index (χ0n) is 15.2. The van der Waals surface area contributed by atoms with Crippen LogP contribution in [0.2, 0.25) is 0 Å². The summed E-state index contributed by atoms with van der Waals surface area (Å²) in [5.41, 5.74) is 1.31. The van der Waals surface area contributed by atoms with Gasteiger partial charge in [0, 0.05) is 43.7 Å². The number of fused-ring (bicyclic) bond motifs is 1. The van der Waals surface area contributed by atoms with Gasteiger partial charge in [0.1, 0.15) is 0 Å². The number of ether oxygens (including phenoxy) is 2. The van der Waals surface area contributed by atoms with Crippen molar-refractivity contribution >= 4 is 23.4 Å². The smallest absolute Gasteiger partial charge is 0.250 e. The SMILES string of the molecule is Cn1c(SCC(=O)Nc2ccc3c(c2)OCO3)nnc1-c1ccc(=O)n(C)c1. The quantitative estimate of drug-likeness (QED) is 0.651. The maximum atomic E-state index is 12.3. The van der Waals surface area contributed by atoms with E-state index < -0.39 is 0 Å². The maximum Gasteiger partial charge on any atom is 0.250 e. The van der Waals surface area contributed by atoms with Gasteiger partial charge in [-0.2, -0.15) is 0 Å². The molecule has 0 atom stereocenters. The fourth-order valence-electron chi connectivity index (χ4n) is 2.72. The third-order valence-electron chi connectivity index (χ3n) is 4.17. The Bertz CT molecular complexity index is 1110. The van der Waals surface area contributed by atoms with Crippen LogP contribution in [0.3, 0.4) is 0 Å². The number of rotatable bonds is 5. The first kappa shape index (κ1) is 18.1. The number of nitrogens with one attached hydrogen (secondary N) is 1. The lowest BCUT2D eigenvalue weighted by molar-refractivity contribution is -0.113. The van der Waals surface area contributed by atoms with Crippen molar-refractivity contribution < 1.29 is 14.3 Å². The van der Waals surface area contributed by atoms with Gasteiger partial charge in [-0.05, 0) is 18.2 Å². The maximum absolute atomic E-state index is 12.3. The molecule has 10 heteroatoms. The van der Waals surface area contributed by atoms with Crippen molar-refractivity contribution in [3.8, 4) is 22.9 Å². The van der Waals surface area contributed by atoms with Crippen LogP contribution in [0.1, 0.15) is 0 Å². The van der Waals surface area contributed by atoms with E-state index in [-0.39, 0.29) is 24.0 Å². The molecule has 0 saturated heterocycles. The van der Waals surface area contributed by atoms with Gasteiger partial charge in [-0.25, -0.2) is 0 Å². The van der Waals surface area contributed by atoms with Crippen LogP contribution in [0.4, 0.5) is 5.69 Å². The number of aryl methyl sites for hydroxylation is 1. The molecule has 28 heavy (non-hydrogen) atoms. The van der Waals surface area contributed by atoms with Crippen molar-refractivity contribution in [1.82, 2.24) is 19.3 Å². The molecule has 0 saturated carbocycles. The molecule has 1 amide bonds. The van der Waals surface area contributed by atoms with Crippen LogP contribution in [-0.2, 0) is 18.9 Å². The lowest BCUT2D eigenvalue weighted by atomic mass is 10.2.